The smallest absolute Gasteiger partial charge is 0.0948 e. The Morgan fingerprint density at radius 3 is 2.38 bits per heavy atom. The van der Waals surface area contributed by atoms with Crippen molar-refractivity contribution in [3.63, 3.8) is 0 Å². The Morgan fingerprint density at radius 1 is 1.00 bits per heavy atom. The zero-order valence-corrected chi connectivity index (χ0v) is 15.7. The molecule has 0 aliphatic rings. The molecule has 132 valence electrons. The van der Waals surface area contributed by atoms with E-state index in [1.54, 1.807) is 0 Å². The maximum atomic E-state index is 4.31. The van der Waals surface area contributed by atoms with Crippen LogP contribution < -0.4 is 0 Å². The van der Waals surface area contributed by atoms with Crippen LogP contribution in [0.25, 0.3) is 0 Å². The normalized spacial score (nSPS) is 14.0. The molecule has 0 saturated carbocycles. The summed E-state index contributed by atoms with van der Waals surface area (Å²) >= 11 is 0. The first-order valence-electron chi connectivity index (χ1n) is 9.73. The summed E-state index contributed by atoms with van der Waals surface area (Å²) in [5, 5.41) is 0. The zero-order valence-electron chi connectivity index (χ0n) is 15.7. The van der Waals surface area contributed by atoms with Crippen LogP contribution in [0.1, 0.15) is 70.9 Å². The molecule has 0 spiro atoms. The van der Waals surface area contributed by atoms with Crippen LogP contribution in [-0.4, -0.2) is 9.55 Å². The van der Waals surface area contributed by atoms with Crippen LogP contribution in [0.2, 0.25) is 0 Å². The van der Waals surface area contributed by atoms with Crippen molar-refractivity contribution in [3.8, 4) is 0 Å². The quantitative estimate of drug-likeness (QED) is 0.443. The molecular weight excluding hydrogens is 292 g/mol. The minimum atomic E-state index is 0.550. The van der Waals surface area contributed by atoms with Crippen LogP contribution in [-0.2, 0) is 6.42 Å². The maximum absolute atomic E-state index is 4.31. The van der Waals surface area contributed by atoms with Crippen LogP contribution >= 0.6 is 0 Å². The largest absolute Gasteiger partial charge is 0.334 e. The van der Waals surface area contributed by atoms with Gasteiger partial charge in [0.2, 0.25) is 0 Å². The van der Waals surface area contributed by atoms with Gasteiger partial charge in [-0.1, -0.05) is 83.2 Å². The highest BCUT2D eigenvalue weighted by Gasteiger charge is 2.25. The van der Waals surface area contributed by atoms with Crippen molar-refractivity contribution in [2.45, 2.75) is 71.8 Å². The van der Waals surface area contributed by atoms with Crippen molar-refractivity contribution in [2.24, 2.45) is 11.8 Å². The molecule has 2 nitrogen and oxygen atoms in total. The van der Waals surface area contributed by atoms with Crippen LogP contribution in [0.15, 0.2) is 49.1 Å². The molecule has 2 unspecified atom stereocenters. The van der Waals surface area contributed by atoms with Crippen molar-refractivity contribution >= 4 is 0 Å². The van der Waals surface area contributed by atoms with Gasteiger partial charge in [0.15, 0.2) is 0 Å². The van der Waals surface area contributed by atoms with Gasteiger partial charge in [-0.25, -0.2) is 4.98 Å². The number of aromatic nitrogens is 2. The molecule has 0 fully saturated rings. The minimum absolute atomic E-state index is 0.550. The lowest BCUT2D eigenvalue weighted by molar-refractivity contribution is 0.234. The number of rotatable bonds is 11. The van der Waals surface area contributed by atoms with E-state index in [4.69, 9.17) is 0 Å². The van der Waals surface area contributed by atoms with E-state index < -0.39 is 0 Å². The third kappa shape index (κ3) is 5.81. The Bertz CT molecular complexity index is 530. The van der Waals surface area contributed by atoms with E-state index in [1.807, 2.05) is 12.5 Å². The lowest BCUT2D eigenvalue weighted by atomic mass is 9.81. The van der Waals surface area contributed by atoms with E-state index >= 15 is 0 Å². The summed E-state index contributed by atoms with van der Waals surface area (Å²) in [5.74, 6) is 1.31. The maximum Gasteiger partial charge on any atom is 0.0948 e. The molecule has 1 aromatic carbocycles. The Hall–Kier alpha value is -1.57. The van der Waals surface area contributed by atoms with E-state index in [0.29, 0.717) is 17.9 Å². The fourth-order valence-electron chi connectivity index (χ4n) is 3.71. The predicted molar refractivity (Wildman–Crippen MR) is 103 cm³/mol. The average Bonchev–Trinajstić information content (AvgIpc) is 3.11. The first kappa shape index (κ1) is 18.8. The van der Waals surface area contributed by atoms with E-state index in [9.17, 15) is 0 Å². The monoisotopic (exact) mass is 326 g/mol. The number of unbranched alkanes of at least 4 members (excludes halogenated alkanes) is 4. The van der Waals surface area contributed by atoms with E-state index in [2.05, 4.69) is 66.9 Å². The van der Waals surface area contributed by atoms with Gasteiger partial charge in [-0.15, -0.1) is 0 Å². The number of imidazole rings is 1. The highest BCUT2D eigenvalue weighted by Crippen LogP contribution is 2.33. The van der Waals surface area contributed by atoms with Crippen LogP contribution in [0, 0.1) is 11.8 Å². The molecule has 2 aromatic rings. The summed E-state index contributed by atoms with van der Waals surface area (Å²) in [6.07, 6.45) is 15.2. The molecule has 24 heavy (non-hydrogen) atoms. The number of hydrogen-bond donors (Lipinski definition) is 0. The van der Waals surface area contributed by atoms with Crippen LogP contribution in [0.4, 0.5) is 0 Å². The fourth-order valence-corrected chi connectivity index (χ4v) is 3.71. The molecule has 2 atom stereocenters. The molecule has 0 radical (unpaired) electrons. The lowest BCUT2D eigenvalue weighted by Crippen LogP contribution is -2.25. The van der Waals surface area contributed by atoms with Gasteiger partial charge < -0.3 is 4.57 Å². The Morgan fingerprint density at radius 2 is 1.75 bits per heavy atom. The van der Waals surface area contributed by atoms with Crippen molar-refractivity contribution in [1.82, 2.24) is 9.55 Å². The molecule has 1 heterocycles. The standard InChI is InChI=1S/C22H34N2/c1-4-5-6-7-11-14-22(24-16-15-23-18-24)21(19(2)3)17-20-12-9-8-10-13-20/h8-10,12-13,15-16,18-19,21-22H,4-7,11,14,17H2,1-3H3. The molecular formula is C22H34N2. The van der Waals surface area contributed by atoms with E-state index in [0.717, 1.165) is 6.42 Å². The molecule has 0 aliphatic heterocycles. The van der Waals surface area contributed by atoms with Gasteiger partial charge in [-0.3, -0.25) is 0 Å². The topological polar surface area (TPSA) is 17.8 Å². The molecule has 2 heteroatoms. The van der Waals surface area contributed by atoms with E-state index in [1.165, 1.54) is 44.1 Å². The number of nitrogens with zero attached hydrogens (tertiary/aromatic N) is 2. The summed E-state index contributed by atoms with van der Waals surface area (Å²) in [7, 11) is 0. The molecule has 0 N–H and O–H groups in total. The number of benzene rings is 1. The zero-order chi connectivity index (χ0) is 17.2. The minimum Gasteiger partial charge on any atom is -0.334 e. The Labute approximate surface area is 148 Å². The second-order valence-corrected chi connectivity index (χ2v) is 7.38. The fraction of sp³-hybridized carbons (Fsp3) is 0.591. The molecule has 0 amide bonds. The Balaban J connectivity index is 2.06. The van der Waals surface area contributed by atoms with Crippen molar-refractivity contribution in [2.75, 3.05) is 0 Å². The summed E-state index contributed by atoms with van der Waals surface area (Å²) in [6.45, 7) is 7.02. The van der Waals surface area contributed by atoms with Gasteiger partial charge in [-0.2, -0.15) is 0 Å². The summed E-state index contributed by atoms with van der Waals surface area (Å²) in [6, 6.07) is 11.5. The van der Waals surface area contributed by atoms with Crippen molar-refractivity contribution in [3.05, 3.63) is 54.6 Å². The highest BCUT2D eigenvalue weighted by atomic mass is 15.1. The van der Waals surface area contributed by atoms with Gasteiger partial charge in [0.05, 0.1) is 6.33 Å². The summed E-state index contributed by atoms with van der Waals surface area (Å²) in [5.41, 5.74) is 1.45. The van der Waals surface area contributed by atoms with Gasteiger partial charge in [0.25, 0.3) is 0 Å². The summed E-state index contributed by atoms with van der Waals surface area (Å²) < 4.78 is 2.35. The third-order valence-corrected chi connectivity index (χ3v) is 5.18. The predicted octanol–water partition coefficient (Wildman–Crippen LogP) is 6.30. The second kappa shape index (κ2) is 10.3. The molecule has 2 rings (SSSR count). The van der Waals surface area contributed by atoms with E-state index in [-0.39, 0.29) is 0 Å². The lowest BCUT2D eigenvalue weighted by Gasteiger charge is -2.31. The first-order valence-corrected chi connectivity index (χ1v) is 9.73. The molecule has 0 saturated heterocycles. The number of hydrogen-bond acceptors (Lipinski definition) is 1. The van der Waals surface area contributed by atoms with Crippen LogP contribution in [0.3, 0.4) is 0 Å². The van der Waals surface area contributed by atoms with Crippen molar-refractivity contribution in [1.29, 1.82) is 0 Å². The second-order valence-electron chi connectivity index (χ2n) is 7.38. The van der Waals surface area contributed by atoms with Gasteiger partial charge >= 0.3 is 0 Å². The average molecular weight is 327 g/mol. The van der Waals surface area contributed by atoms with Gasteiger partial charge in [-0.05, 0) is 30.2 Å². The summed E-state index contributed by atoms with van der Waals surface area (Å²) in [4.78, 5) is 4.31. The SMILES string of the molecule is CCCCCCCC(C(Cc1ccccc1)C(C)C)n1ccnc1. The highest BCUT2D eigenvalue weighted by molar-refractivity contribution is 5.15. The molecule has 1 aromatic heterocycles. The van der Waals surface area contributed by atoms with Crippen LogP contribution in [0.5, 0.6) is 0 Å². The third-order valence-electron chi connectivity index (χ3n) is 5.18. The Kier molecular flexibility index (Phi) is 8.07. The van der Waals surface area contributed by atoms with Gasteiger partial charge in [0, 0.05) is 18.4 Å². The molecule has 0 bridgehead atoms. The first-order chi connectivity index (χ1) is 11.7. The van der Waals surface area contributed by atoms with Gasteiger partial charge in [0.1, 0.15) is 0 Å². The molecule has 0 aliphatic carbocycles. The van der Waals surface area contributed by atoms with Crippen molar-refractivity contribution < 1.29 is 0 Å².